The van der Waals surface area contributed by atoms with E-state index in [-0.39, 0.29) is 0 Å². The van der Waals surface area contributed by atoms with Gasteiger partial charge in [-0.1, -0.05) is 12.1 Å². The van der Waals surface area contributed by atoms with Crippen molar-refractivity contribution in [2.75, 3.05) is 0 Å². The van der Waals surface area contributed by atoms with Gasteiger partial charge in [0.2, 0.25) is 0 Å². The van der Waals surface area contributed by atoms with Gasteiger partial charge in [0.05, 0.1) is 11.3 Å². The van der Waals surface area contributed by atoms with Crippen LogP contribution in [0, 0.1) is 0 Å². The SMILES string of the molecule is O=C(O)c1cccc(CNCc2nc(C3CC3)cs2)c1. The molecule has 1 aromatic heterocycles. The molecule has 0 saturated heterocycles. The van der Waals surface area contributed by atoms with Crippen LogP contribution in [0.5, 0.6) is 0 Å². The Labute approximate surface area is 121 Å². The minimum Gasteiger partial charge on any atom is -0.478 e. The number of carboxylic acid groups (broad SMARTS) is 1. The normalized spacial score (nSPS) is 14.4. The highest BCUT2D eigenvalue weighted by Crippen LogP contribution is 2.40. The Balaban J connectivity index is 1.53. The summed E-state index contributed by atoms with van der Waals surface area (Å²) in [7, 11) is 0. The van der Waals surface area contributed by atoms with Crippen LogP contribution in [-0.2, 0) is 13.1 Å². The van der Waals surface area contributed by atoms with Crippen LogP contribution in [0.25, 0.3) is 0 Å². The average molecular weight is 288 g/mol. The van der Waals surface area contributed by atoms with Crippen molar-refractivity contribution in [2.45, 2.75) is 31.8 Å². The lowest BCUT2D eigenvalue weighted by Gasteiger charge is -2.04. The van der Waals surface area contributed by atoms with Crippen LogP contribution in [0.3, 0.4) is 0 Å². The van der Waals surface area contributed by atoms with E-state index in [0.29, 0.717) is 18.0 Å². The largest absolute Gasteiger partial charge is 0.478 e. The molecule has 1 aliphatic carbocycles. The monoisotopic (exact) mass is 288 g/mol. The molecule has 0 aliphatic heterocycles. The molecule has 0 atom stereocenters. The van der Waals surface area contributed by atoms with Crippen molar-refractivity contribution >= 4 is 17.3 Å². The van der Waals surface area contributed by atoms with Crippen molar-refractivity contribution in [1.29, 1.82) is 0 Å². The molecule has 2 aromatic rings. The van der Waals surface area contributed by atoms with Gasteiger partial charge >= 0.3 is 5.97 Å². The molecule has 0 unspecified atom stereocenters. The molecule has 0 amide bonds. The van der Waals surface area contributed by atoms with Gasteiger partial charge in [0.25, 0.3) is 0 Å². The molecule has 1 heterocycles. The fraction of sp³-hybridized carbons (Fsp3) is 0.333. The van der Waals surface area contributed by atoms with E-state index in [1.807, 2.05) is 6.07 Å². The first-order valence-corrected chi connectivity index (χ1v) is 7.57. The summed E-state index contributed by atoms with van der Waals surface area (Å²) in [5.41, 5.74) is 2.54. The van der Waals surface area contributed by atoms with Gasteiger partial charge in [-0.2, -0.15) is 0 Å². The van der Waals surface area contributed by atoms with E-state index in [1.165, 1.54) is 18.5 Å². The molecule has 0 bridgehead atoms. The van der Waals surface area contributed by atoms with Gasteiger partial charge in [-0.3, -0.25) is 0 Å². The lowest BCUT2D eigenvalue weighted by Crippen LogP contribution is -2.13. The second-order valence-electron chi connectivity index (χ2n) is 5.05. The molecule has 1 aliphatic rings. The summed E-state index contributed by atoms with van der Waals surface area (Å²) in [6.45, 7) is 1.38. The van der Waals surface area contributed by atoms with Gasteiger partial charge in [-0.25, -0.2) is 9.78 Å². The Morgan fingerprint density at radius 2 is 2.25 bits per heavy atom. The maximum absolute atomic E-state index is 10.9. The van der Waals surface area contributed by atoms with Crippen molar-refractivity contribution in [3.05, 3.63) is 51.5 Å². The molecule has 104 valence electrons. The molecule has 4 nitrogen and oxygen atoms in total. The van der Waals surface area contributed by atoms with Crippen molar-refractivity contribution in [2.24, 2.45) is 0 Å². The number of nitrogens with one attached hydrogen (secondary N) is 1. The predicted molar refractivity (Wildman–Crippen MR) is 78.0 cm³/mol. The quantitative estimate of drug-likeness (QED) is 0.857. The third kappa shape index (κ3) is 3.23. The second kappa shape index (κ2) is 5.73. The molecular formula is C15H16N2O2S. The third-order valence-electron chi connectivity index (χ3n) is 3.34. The number of carbonyl (C=O) groups is 1. The van der Waals surface area contributed by atoms with Gasteiger partial charge in [0.15, 0.2) is 0 Å². The van der Waals surface area contributed by atoms with Gasteiger partial charge < -0.3 is 10.4 Å². The van der Waals surface area contributed by atoms with Gasteiger partial charge in [-0.05, 0) is 30.5 Å². The summed E-state index contributed by atoms with van der Waals surface area (Å²) in [4.78, 5) is 15.5. The highest BCUT2D eigenvalue weighted by Gasteiger charge is 2.25. The maximum Gasteiger partial charge on any atom is 0.335 e. The Morgan fingerprint density at radius 1 is 1.40 bits per heavy atom. The maximum atomic E-state index is 10.9. The molecule has 0 radical (unpaired) electrons. The number of hydrogen-bond donors (Lipinski definition) is 2. The first-order valence-electron chi connectivity index (χ1n) is 6.69. The molecular weight excluding hydrogens is 272 g/mol. The summed E-state index contributed by atoms with van der Waals surface area (Å²) < 4.78 is 0. The molecule has 1 saturated carbocycles. The second-order valence-corrected chi connectivity index (χ2v) is 5.99. The van der Waals surface area contributed by atoms with Crippen molar-refractivity contribution in [3.8, 4) is 0 Å². The molecule has 20 heavy (non-hydrogen) atoms. The predicted octanol–water partition coefficient (Wildman–Crippen LogP) is 3.01. The van der Waals surface area contributed by atoms with E-state index < -0.39 is 5.97 Å². The molecule has 3 rings (SSSR count). The lowest BCUT2D eigenvalue weighted by molar-refractivity contribution is 0.0696. The smallest absolute Gasteiger partial charge is 0.335 e. The van der Waals surface area contributed by atoms with E-state index in [2.05, 4.69) is 15.7 Å². The zero-order valence-corrected chi connectivity index (χ0v) is 11.8. The fourth-order valence-electron chi connectivity index (χ4n) is 2.10. The third-order valence-corrected chi connectivity index (χ3v) is 4.21. The van der Waals surface area contributed by atoms with E-state index in [0.717, 1.165) is 17.1 Å². The van der Waals surface area contributed by atoms with Crippen LogP contribution < -0.4 is 5.32 Å². The number of rotatable bonds is 6. The fourth-order valence-corrected chi connectivity index (χ4v) is 2.95. The topological polar surface area (TPSA) is 62.2 Å². The van der Waals surface area contributed by atoms with Gasteiger partial charge in [0.1, 0.15) is 5.01 Å². The summed E-state index contributed by atoms with van der Waals surface area (Å²) in [6.07, 6.45) is 2.55. The van der Waals surface area contributed by atoms with Crippen molar-refractivity contribution in [3.63, 3.8) is 0 Å². The van der Waals surface area contributed by atoms with Crippen LogP contribution in [0.1, 0.15) is 45.4 Å². The number of hydrogen-bond acceptors (Lipinski definition) is 4. The Morgan fingerprint density at radius 3 is 3.00 bits per heavy atom. The summed E-state index contributed by atoms with van der Waals surface area (Å²) in [5, 5.41) is 15.5. The highest BCUT2D eigenvalue weighted by atomic mass is 32.1. The Bertz CT molecular complexity index is 620. The molecule has 0 spiro atoms. The Kier molecular flexibility index (Phi) is 3.80. The molecule has 1 aromatic carbocycles. The van der Waals surface area contributed by atoms with Crippen molar-refractivity contribution in [1.82, 2.24) is 10.3 Å². The molecule has 1 fully saturated rings. The molecule has 5 heteroatoms. The summed E-state index contributed by atoms with van der Waals surface area (Å²) in [5.74, 6) is -0.187. The molecule has 2 N–H and O–H groups in total. The number of aromatic nitrogens is 1. The number of aromatic carboxylic acids is 1. The number of thiazole rings is 1. The summed E-state index contributed by atoms with van der Waals surface area (Å²) in [6, 6.07) is 7.01. The van der Waals surface area contributed by atoms with E-state index in [4.69, 9.17) is 5.11 Å². The Hall–Kier alpha value is -1.72. The highest BCUT2D eigenvalue weighted by molar-refractivity contribution is 7.09. The van der Waals surface area contributed by atoms with Crippen LogP contribution in [0.2, 0.25) is 0 Å². The summed E-state index contributed by atoms with van der Waals surface area (Å²) >= 11 is 1.69. The zero-order valence-electron chi connectivity index (χ0n) is 11.0. The van der Waals surface area contributed by atoms with Gasteiger partial charge in [0, 0.05) is 24.4 Å². The number of carboxylic acids is 1. The van der Waals surface area contributed by atoms with E-state index >= 15 is 0 Å². The van der Waals surface area contributed by atoms with Crippen LogP contribution in [0.15, 0.2) is 29.6 Å². The number of benzene rings is 1. The van der Waals surface area contributed by atoms with Crippen LogP contribution in [0.4, 0.5) is 0 Å². The standard InChI is InChI=1S/C15H16N2O2S/c18-15(19)12-3-1-2-10(6-12)7-16-8-14-17-13(9-20-14)11-4-5-11/h1-3,6,9,11,16H,4-5,7-8H2,(H,18,19). The van der Waals surface area contributed by atoms with Crippen LogP contribution in [-0.4, -0.2) is 16.1 Å². The first-order chi connectivity index (χ1) is 9.72. The first kappa shape index (κ1) is 13.3. The van der Waals surface area contributed by atoms with Crippen LogP contribution >= 0.6 is 11.3 Å². The van der Waals surface area contributed by atoms with E-state index in [1.54, 1.807) is 29.5 Å². The zero-order chi connectivity index (χ0) is 13.9. The average Bonchev–Trinajstić information content (AvgIpc) is 3.19. The van der Waals surface area contributed by atoms with E-state index in [9.17, 15) is 4.79 Å². The number of nitrogens with zero attached hydrogens (tertiary/aromatic N) is 1. The van der Waals surface area contributed by atoms with Gasteiger partial charge in [-0.15, -0.1) is 11.3 Å². The lowest BCUT2D eigenvalue weighted by atomic mass is 10.1. The van der Waals surface area contributed by atoms with Crippen molar-refractivity contribution < 1.29 is 9.90 Å². The minimum atomic E-state index is -0.888. The minimum absolute atomic E-state index is 0.328.